The molecule has 0 aliphatic carbocycles. The lowest BCUT2D eigenvalue weighted by Gasteiger charge is -2.08. The van der Waals surface area contributed by atoms with Crippen LogP contribution in [-0.2, 0) is 13.0 Å². The molecule has 0 bridgehead atoms. The van der Waals surface area contributed by atoms with Gasteiger partial charge in [0.15, 0.2) is 11.6 Å². The van der Waals surface area contributed by atoms with Gasteiger partial charge in [-0.2, -0.15) is 5.10 Å². The summed E-state index contributed by atoms with van der Waals surface area (Å²) in [6.45, 7) is 6.76. The Morgan fingerprint density at radius 1 is 1.19 bits per heavy atom. The Morgan fingerprint density at radius 2 is 2.04 bits per heavy atom. The van der Waals surface area contributed by atoms with Crippen LogP contribution in [0.2, 0.25) is 5.02 Å². The normalized spacial score (nSPS) is 12.4. The fourth-order valence-corrected chi connectivity index (χ4v) is 4.57. The molecule has 5 rings (SSSR count). The van der Waals surface area contributed by atoms with Crippen molar-refractivity contribution >= 4 is 22.9 Å². The number of hydrogen-bond acceptors (Lipinski definition) is 5. The molecule has 4 aromatic rings. The predicted octanol–water partition coefficient (Wildman–Crippen LogP) is 4.12. The highest BCUT2D eigenvalue weighted by atomic mass is 35.5. The predicted molar refractivity (Wildman–Crippen MR) is 106 cm³/mol. The maximum atomic E-state index is 6.30. The van der Waals surface area contributed by atoms with E-state index in [4.69, 9.17) is 21.7 Å². The number of aromatic nitrogens is 6. The van der Waals surface area contributed by atoms with Crippen molar-refractivity contribution in [3.8, 4) is 17.1 Å². The molecule has 8 heteroatoms. The molecule has 0 amide bonds. The number of aryl methyl sites for hydroxylation is 3. The first-order chi connectivity index (χ1) is 13.0. The van der Waals surface area contributed by atoms with Crippen LogP contribution in [0.5, 0.6) is 0 Å². The molecule has 6 nitrogen and oxygen atoms in total. The molecule has 1 aliphatic heterocycles. The monoisotopic (exact) mass is 396 g/mol. The van der Waals surface area contributed by atoms with E-state index in [0.29, 0.717) is 18.0 Å². The van der Waals surface area contributed by atoms with Crippen molar-refractivity contribution in [1.82, 2.24) is 29.3 Å². The number of imidazole rings is 1. The van der Waals surface area contributed by atoms with Gasteiger partial charge in [-0.05, 0) is 39.0 Å². The van der Waals surface area contributed by atoms with Crippen molar-refractivity contribution in [2.24, 2.45) is 0 Å². The van der Waals surface area contributed by atoms with Crippen molar-refractivity contribution in [2.45, 2.75) is 33.7 Å². The molecule has 0 fully saturated rings. The van der Waals surface area contributed by atoms with E-state index in [0.717, 1.165) is 45.0 Å². The minimum atomic E-state index is 0.621. The zero-order chi connectivity index (χ0) is 18.7. The summed E-state index contributed by atoms with van der Waals surface area (Å²) in [5, 5.41) is 6.54. The van der Waals surface area contributed by atoms with Crippen LogP contribution in [-0.4, -0.2) is 29.3 Å². The lowest BCUT2D eigenvalue weighted by Crippen LogP contribution is -2.06. The molecule has 0 saturated heterocycles. The SMILES string of the molecule is Cc1nc(Cc2nc3n(n2)Cc2c(C)ncn2-c2ccc(Cl)cc2-3)c(C)s1. The summed E-state index contributed by atoms with van der Waals surface area (Å²) in [5.41, 5.74) is 5.13. The lowest BCUT2D eigenvalue weighted by atomic mass is 10.1. The highest BCUT2D eigenvalue weighted by Crippen LogP contribution is 2.33. The van der Waals surface area contributed by atoms with Crippen molar-refractivity contribution in [3.63, 3.8) is 0 Å². The van der Waals surface area contributed by atoms with E-state index in [1.54, 1.807) is 11.3 Å². The number of fused-ring (bicyclic) bond motifs is 5. The Morgan fingerprint density at radius 3 is 2.81 bits per heavy atom. The molecule has 0 N–H and O–H groups in total. The molecule has 3 aromatic heterocycles. The van der Waals surface area contributed by atoms with E-state index in [1.807, 2.05) is 43.1 Å². The van der Waals surface area contributed by atoms with E-state index in [2.05, 4.69) is 21.5 Å². The average molecular weight is 397 g/mol. The Kier molecular flexibility index (Phi) is 3.70. The maximum Gasteiger partial charge on any atom is 0.160 e. The van der Waals surface area contributed by atoms with Crippen molar-refractivity contribution < 1.29 is 0 Å². The van der Waals surface area contributed by atoms with Gasteiger partial charge in [-0.1, -0.05) is 11.6 Å². The Bertz CT molecular complexity index is 1190. The Hall–Kier alpha value is -2.51. The van der Waals surface area contributed by atoms with Crippen LogP contribution in [0.25, 0.3) is 17.1 Å². The molecule has 27 heavy (non-hydrogen) atoms. The summed E-state index contributed by atoms with van der Waals surface area (Å²) < 4.78 is 4.05. The molecule has 0 atom stereocenters. The topological polar surface area (TPSA) is 61.4 Å². The van der Waals surface area contributed by atoms with Crippen LogP contribution in [0.4, 0.5) is 0 Å². The highest BCUT2D eigenvalue weighted by molar-refractivity contribution is 7.11. The van der Waals surface area contributed by atoms with Gasteiger partial charge in [0.2, 0.25) is 0 Å². The van der Waals surface area contributed by atoms with Crippen LogP contribution in [0.1, 0.15) is 32.8 Å². The molecule has 1 aromatic carbocycles. The summed E-state index contributed by atoms with van der Waals surface area (Å²) in [6.07, 6.45) is 2.48. The van der Waals surface area contributed by atoms with E-state index in [-0.39, 0.29) is 0 Å². The van der Waals surface area contributed by atoms with Gasteiger partial charge >= 0.3 is 0 Å². The van der Waals surface area contributed by atoms with Crippen LogP contribution in [0, 0.1) is 20.8 Å². The van der Waals surface area contributed by atoms with Gasteiger partial charge in [-0.25, -0.2) is 19.6 Å². The first-order valence-corrected chi connectivity index (χ1v) is 9.89. The van der Waals surface area contributed by atoms with E-state index < -0.39 is 0 Å². The average Bonchev–Trinajstić information content (AvgIpc) is 3.25. The quantitative estimate of drug-likeness (QED) is 0.450. The van der Waals surface area contributed by atoms with E-state index >= 15 is 0 Å². The molecule has 136 valence electrons. The van der Waals surface area contributed by atoms with Crippen molar-refractivity contribution in [3.05, 3.63) is 62.3 Å². The Balaban J connectivity index is 1.66. The number of rotatable bonds is 2. The summed E-state index contributed by atoms with van der Waals surface area (Å²) >= 11 is 8.01. The third kappa shape index (κ3) is 2.69. The smallest absolute Gasteiger partial charge is 0.160 e. The first-order valence-electron chi connectivity index (χ1n) is 8.69. The van der Waals surface area contributed by atoms with Crippen LogP contribution < -0.4 is 0 Å². The first kappa shape index (κ1) is 16.6. The van der Waals surface area contributed by atoms with Crippen molar-refractivity contribution in [1.29, 1.82) is 0 Å². The second kappa shape index (κ2) is 6.00. The second-order valence-electron chi connectivity index (χ2n) is 6.73. The lowest BCUT2D eigenvalue weighted by molar-refractivity contribution is 0.663. The van der Waals surface area contributed by atoms with Gasteiger partial charge in [0, 0.05) is 15.5 Å². The highest BCUT2D eigenvalue weighted by Gasteiger charge is 2.24. The third-order valence-electron chi connectivity index (χ3n) is 4.87. The number of benzene rings is 1. The van der Waals surface area contributed by atoms with Gasteiger partial charge in [0.05, 0.1) is 47.1 Å². The molecular formula is C19H17ClN6S. The number of nitrogens with zero attached hydrogens (tertiary/aromatic N) is 6. The van der Waals surface area contributed by atoms with Gasteiger partial charge in [0.25, 0.3) is 0 Å². The van der Waals surface area contributed by atoms with E-state index in [1.165, 1.54) is 4.88 Å². The van der Waals surface area contributed by atoms with Crippen molar-refractivity contribution in [2.75, 3.05) is 0 Å². The zero-order valence-electron chi connectivity index (χ0n) is 15.2. The fraction of sp³-hybridized carbons (Fsp3) is 0.263. The van der Waals surface area contributed by atoms with Crippen LogP contribution >= 0.6 is 22.9 Å². The third-order valence-corrected chi connectivity index (χ3v) is 6.04. The molecule has 1 aliphatic rings. The largest absolute Gasteiger partial charge is 0.300 e. The standard InChI is InChI=1S/C19H17ClN6S/c1-10-17-8-26-19(14-6-13(20)4-5-16(14)25(17)9-21-10)23-18(24-26)7-15-11(2)27-12(3)22-15/h4-6,9H,7-8H2,1-3H3. The summed E-state index contributed by atoms with van der Waals surface area (Å²) in [7, 11) is 0. The second-order valence-corrected chi connectivity index (χ2v) is 8.57. The van der Waals surface area contributed by atoms with Gasteiger partial charge in [-0.3, -0.25) is 0 Å². The molecule has 0 radical (unpaired) electrons. The minimum absolute atomic E-state index is 0.621. The molecule has 0 saturated carbocycles. The molecule has 0 unspecified atom stereocenters. The van der Waals surface area contributed by atoms with Crippen LogP contribution in [0.15, 0.2) is 24.5 Å². The molecule has 0 spiro atoms. The summed E-state index contributed by atoms with van der Waals surface area (Å²) in [6, 6.07) is 5.86. The number of halogens is 1. The van der Waals surface area contributed by atoms with Gasteiger partial charge < -0.3 is 4.57 Å². The summed E-state index contributed by atoms with van der Waals surface area (Å²) in [5.74, 6) is 1.60. The van der Waals surface area contributed by atoms with E-state index in [9.17, 15) is 0 Å². The minimum Gasteiger partial charge on any atom is -0.300 e. The molecule has 4 heterocycles. The van der Waals surface area contributed by atoms with Crippen LogP contribution in [0.3, 0.4) is 0 Å². The van der Waals surface area contributed by atoms with Gasteiger partial charge in [-0.15, -0.1) is 11.3 Å². The fourth-order valence-electron chi connectivity index (χ4n) is 3.56. The molecular weight excluding hydrogens is 380 g/mol. The summed E-state index contributed by atoms with van der Waals surface area (Å²) in [4.78, 5) is 15.2. The number of thiazole rings is 1. The van der Waals surface area contributed by atoms with Gasteiger partial charge in [0.1, 0.15) is 0 Å². The Labute approximate surface area is 165 Å². The maximum absolute atomic E-state index is 6.30. The zero-order valence-corrected chi connectivity index (χ0v) is 16.8. The number of hydrogen-bond donors (Lipinski definition) is 0.